The predicted molar refractivity (Wildman–Crippen MR) is 87.8 cm³/mol. The topological polar surface area (TPSA) is 46.5 Å². The second kappa shape index (κ2) is 7.08. The molecule has 20 heavy (non-hydrogen) atoms. The molecule has 0 fully saturated rings. The molecule has 3 nitrogen and oxygen atoms in total. The first-order valence-electron chi connectivity index (χ1n) is 7.60. The first-order chi connectivity index (χ1) is 8.88. The molecule has 0 saturated carbocycles. The Morgan fingerprint density at radius 3 is 1.90 bits per heavy atom. The van der Waals surface area contributed by atoms with Crippen LogP contribution in [0.3, 0.4) is 0 Å². The molecule has 120 valence electrons. The van der Waals surface area contributed by atoms with Crippen LogP contribution in [0.1, 0.15) is 67.7 Å². The summed E-state index contributed by atoms with van der Waals surface area (Å²) in [6, 6.07) is 0. The van der Waals surface area contributed by atoms with E-state index in [-0.39, 0.29) is 16.7 Å². The van der Waals surface area contributed by atoms with Crippen LogP contribution >= 0.6 is 0 Å². The lowest BCUT2D eigenvalue weighted by Gasteiger charge is -2.42. The summed E-state index contributed by atoms with van der Waals surface area (Å²) in [5.41, 5.74) is 0.136. The molecule has 1 N–H and O–H groups in total. The molecule has 0 aromatic carbocycles. The number of aliphatic carboxylic acids is 1. The maximum Gasteiger partial charge on any atom is 0.308 e. The fourth-order valence-electron chi connectivity index (χ4n) is 3.30. The lowest BCUT2D eigenvalue weighted by molar-refractivity contribution is -0.144. The largest absolute Gasteiger partial charge is 0.481 e. The summed E-state index contributed by atoms with van der Waals surface area (Å²) < 4.78 is 5.47. The van der Waals surface area contributed by atoms with E-state index in [2.05, 4.69) is 48.5 Å². The first kappa shape index (κ1) is 19.6. The number of carbonyl (C=O) groups is 1. The Morgan fingerprint density at radius 1 is 1.15 bits per heavy atom. The SMILES string of the molecule is CCC(CC(C)(C)C)C(CC(C)(C)C)([SiH2]OC)C(=O)O. The molecule has 2 unspecified atom stereocenters. The van der Waals surface area contributed by atoms with Crippen molar-refractivity contribution in [3.05, 3.63) is 0 Å². The molecular weight excluding hydrogens is 268 g/mol. The third-order valence-corrected chi connectivity index (χ3v) is 5.74. The summed E-state index contributed by atoms with van der Waals surface area (Å²) in [5.74, 6) is -0.470. The molecule has 0 aromatic heterocycles. The molecule has 0 spiro atoms. The van der Waals surface area contributed by atoms with Gasteiger partial charge in [-0.1, -0.05) is 54.9 Å². The average Bonchev–Trinajstić information content (AvgIpc) is 2.21. The Hall–Kier alpha value is -0.353. The van der Waals surface area contributed by atoms with Crippen molar-refractivity contribution in [2.24, 2.45) is 16.7 Å². The molecule has 4 heteroatoms. The zero-order valence-corrected chi connectivity index (χ0v) is 16.1. The molecular formula is C16H34O3Si. The van der Waals surface area contributed by atoms with E-state index < -0.39 is 20.8 Å². The number of carboxylic acid groups (broad SMARTS) is 1. The summed E-state index contributed by atoms with van der Waals surface area (Å²) in [4.78, 5) is 12.1. The van der Waals surface area contributed by atoms with E-state index in [0.717, 1.165) is 12.8 Å². The van der Waals surface area contributed by atoms with Gasteiger partial charge in [-0.3, -0.25) is 4.79 Å². The van der Waals surface area contributed by atoms with Crippen LogP contribution in [0.5, 0.6) is 0 Å². The molecule has 0 aliphatic carbocycles. The van der Waals surface area contributed by atoms with Crippen molar-refractivity contribution >= 4 is 15.7 Å². The molecule has 0 aromatic rings. The Kier molecular flexibility index (Phi) is 6.95. The van der Waals surface area contributed by atoms with E-state index in [1.807, 2.05) is 0 Å². The fraction of sp³-hybridized carbons (Fsp3) is 0.938. The van der Waals surface area contributed by atoms with E-state index in [1.165, 1.54) is 0 Å². The van der Waals surface area contributed by atoms with Crippen LogP contribution in [-0.2, 0) is 9.22 Å². The molecule has 0 radical (unpaired) electrons. The van der Waals surface area contributed by atoms with Crippen molar-refractivity contribution in [3.63, 3.8) is 0 Å². The van der Waals surface area contributed by atoms with Gasteiger partial charge in [0.15, 0.2) is 9.76 Å². The van der Waals surface area contributed by atoms with Crippen molar-refractivity contribution in [3.8, 4) is 0 Å². The van der Waals surface area contributed by atoms with Gasteiger partial charge in [0.2, 0.25) is 0 Å². The number of carboxylic acids is 1. The van der Waals surface area contributed by atoms with E-state index in [4.69, 9.17) is 4.43 Å². The van der Waals surface area contributed by atoms with Gasteiger partial charge in [-0.2, -0.15) is 0 Å². The van der Waals surface area contributed by atoms with Crippen LogP contribution in [0.25, 0.3) is 0 Å². The standard InChI is InChI=1S/C16H34O3Si/c1-9-12(10-14(2,3)4)16(13(17)18,20-19-8)11-15(5,6)7/h12H,9-11,20H2,1-8H3,(H,17,18). The minimum atomic E-state index is -1.13. The normalized spacial score (nSPS) is 18.2. The van der Waals surface area contributed by atoms with Gasteiger partial charge in [0.1, 0.15) is 0 Å². The van der Waals surface area contributed by atoms with Crippen molar-refractivity contribution in [1.29, 1.82) is 0 Å². The van der Waals surface area contributed by atoms with Crippen molar-refractivity contribution in [1.82, 2.24) is 0 Å². The van der Waals surface area contributed by atoms with Gasteiger partial charge in [-0.05, 0) is 29.6 Å². The summed E-state index contributed by atoms with van der Waals surface area (Å²) in [6.07, 6.45) is 2.53. The van der Waals surface area contributed by atoms with Gasteiger partial charge < -0.3 is 9.53 Å². The molecule has 2 atom stereocenters. The number of hydrogen-bond acceptors (Lipinski definition) is 2. The van der Waals surface area contributed by atoms with E-state index in [1.54, 1.807) is 7.11 Å². The third-order valence-electron chi connectivity index (χ3n) is 3.81. The predicted octanol–water partition coefficient (Wildman–Crippen LogP) is 3.86. The van der Waals surface area contributed by atoms with Crippen LogP contribution in [0.2, 0.25) is 5.04 Å². The number of hydrogen-bond donors (Lipinski definition) is 1. The van der Waals surface area contributed by atoms with Crippen molar-refractivity contribution < 1.29 is 14.3 Å². The van der Waals surface area contributed by atoms with Crippen LogP contribution < -0.4 is 0 Å². The van der Waals surface area contributed by atoms with E-state index in [9.17, 15) is 9.90 Å². The molecule has 0 saturated heterocycles. The number of rotatable bonds is 7. The van der Waals surface area contributed by atoms with Gasteiger partial charge in [-0.25, -0.2) is 0 Å². The summed E-state index contributed by atoms with van der Waals surface area (Å²) >= 11 is 0. The van der Waals surface area contributed by atoms with Gasteiger partial charge in [0, 0.05) is 7.11 Å². The zero-order chi connectivity index (χ0) is 16.2. The van der Waals surface area contributed by atoms with Crippen LogP contribution in [0.15, 0.2) is 0 Å². The van der Waals surface area contributed by atoms with Gasteiger partial charge >= 0.3 is 5.97 Å². The summed E-state index contributed by atoms with van der Waals surface area (Å²) in [5, 5.41) is 9.31. The van der Waals surface area contributed by atoms with Crippen LogP contribution in [-0.4, -0.2) is 27.9 Å². The fourth-order valence-corrected chi connectivity index (χ4v) is 5.46. The van der Waals surface area contributed by atoms with Crippen LogP contribution in [0, 0.1) is 16.7 Å². The molecule has 0 bridgehead atoms. The Labute approximate surface area is 127 Å². The Balaban J connectivity index is 5.60. The summed E-state index contributed by atoms with van der Waals surface area (Å²) in [6.45, 7) is 15.0. The second-order valence-corrected chi connectivity index (χ2v) is 10.6. The molecule has 0 aliphatic heterocycles. The highest BCUT2D eigenvalue weighted by atomic mass is 28.2. The zero-order valence-electron chi connectivity index (χ0n) is 14.7. The lowest BCUT2D eigenvalue weighted by Crippen LogP contribution is -2.42. The average molecular weight is 303 g/mol. The highest BCUT2D eigenvalue weighted by Crippen LogP contribution is 2.50. The molecule has 0 aliphatic rings. The van der Waals surface area contributed by atoms with Crippen LogP contribution in [0.4, 0.5) is 0 Å². The monoisotopic (exact) mass is 302 g/mol. The Bertz CT molecular complexity index is 315. The van der Waals surface area contributed by atoms with Crippen molar-refractivity contribution in [2.45, 2.75) is 72.8 Å². The smallest absolute Gasteiger partial charge is 0.308 e. The second-order valence-electron chi connectivity index (χ2n) is 8.50. The van der Waals surface area contributed by atoms with Gasteiger partial charge in [0.05, 0.1) is 5.04 Å². The highest BCUT2D eigenvalue weighted by Gasteiger charge is 2.48. The molecule has 0 rings (SSSR count). The van der Waals surface area contributed by atoms with E-state index >= 15 is 0 Å². The molecule has 0 heterocycles. The lowest BCUT2D eigenvalue weighted by atomic mass is 9.71. The van der Waals surface area contributed by atoms with E-state index in [0.29, 0.717) is 6.42 Å². The third kappa shape index (κ3) is 5.96. The van der Waals surface area contributed by atoms with Gasteiger partial charge in [-0.15, -0.1) is 0 Å². The first-order valence-corrected chi connectivity index (χ1v) is 8.89. The maximum atomic E-state index is 12.1. The quantitative estimate of drug-likeness (QED) is 0.726. The molecule has 0 amide bonds. The van der Waals surface area contributed by atoms with Crippen molar-refractivity contribution in [2.75, 3.05) is 7.11 Å². The highest BCUT2D eigenvalue weighted by molar-refractivity contribution is 6.40. The maximum absolute atomic E-state index is 12.1. The van der Waals surface area contributed by atoms with Gasteiger partial charge in [0.25, 0.3) is 0 Å². The minimum absolute atomic E-state index is 0.00474. The Morgan fingerprint density at radius 2 is 1.65 bits per heavy atom. The summed E-state index contributed by atoms with van der Waals surface area (Å²) in [7, 11) is 0.538. The minimum Gasteiger partial charge on any atom is -0.481 e.